The number of nitrogens with zero attached hydrogens (tertiary/aromatic N) is 1. The third-order valence-corrected chi connectivity index (χ3v) is 3.29. The lowest BCUT2D eigenvalue weighted by molar-refractivity contribution is 0.717. The van der Waals surface area contributed by atoms with E-state index >= 15 is 0 Å². The van der Waals surface area contributed by atoms with Crippen LogP contribution < -0.4 is 22.1 Å². The highest BCUT2D eigenvalue weighted by molar-refractivity contribution is 5.81. The molecule has 1 aromatic rings. The molecule has 0 amide bonds. The first kappa shape index (κ1) is 13.4. The molecular weight excluding hydrogens is 238 g/mol. The number of rotatable bonds is 4. The maximum atomic E-state index is 5.84. The van der Waals surface area contributed by atoms with Crippen molar-refractivity contribution in [2.75, 3.05) is 13.1 Å². The van der Waals surface area contributed by atoms with Gasteiger partial charge in [-0.2, -0.15) is 0 Å². The molecule has 0 bridgehead atoms. The summed E-state index contributed by atoms with van der Waals surface area (Å²) in [4.78, 5) is 4.45. The Balaban J connectivity index is 2.29. The van der Waals surface area contributed by atoms with Gasteiger partial charge >= 0.3 is 0 Å². The van der Waals surface area contributed by atoms with Crippen LogP contribution in [0.3, 0.4) is 0 Å². The van der Waals surface area contributed by atoms with Gasteiger partial charge in [0.1, 0.15) is 11.9 Å². The second kappa shape index (κ2) is 5.75. The van der Waals surface area contributed by atoms with Gasteiger partial charge in [0.05, 0.1) is 0 Å². The molecule has 19 heavy (non-hydrogen) atoms. The van der Waals surface area contributed by atoms with Crippen molar-refractivity contribution >= 4 is 5.96 Å². The van der Waals surface area contributed by atoms with E-state index < -0.39 is 0 Å². The molecule has 0 saturated heterocycles. The van der Waals surface area contributed by atoms with Crippen LogP contribution in [-0.4, -0.2) is 19.0 Å². The summed E-state index contributed by atoms with van der Waals surface area (Å²) in [5.41, 5.74) is 15.0. The first-order valence-electron chi connectivity index (χ1n) is 6.44. The molecule has 1 heterocycles. The predicted octanol–water partition coefficient (Wildman–Crippen LogP) is 0.652. The number of hydrogen-bond donors (Lipinski definition) is 4. The molecule has 6 N–H and O–H groups in total. The zero-order valence-corrected chi connectivity index (χ0v) is 11.4. The van der Waals surface area contributed by atoms with E-state index in [4.69, 9.17) is 11.5 Å². The molecule has 2 rings (SSSR count). The topological polar surface area (TPSA) is 88.5 Å². The van der Waals surface area contributed by atoms with Crippen molar-refractivity contribution in [3.63, 3.8) is 0 Å². The van der Waals surface area contributed by atoms with Crippen LogP contribution in [0.5, 0.6) is 0 Å². The number of guanidine groups is 1. The van der Waals surface area contributed by atoms with Crippen molar-refractivity contribution in [3.05, 3.63) is 46.8 Å². The third-order valence-electron chi connectivity index (χ3n) is 3.29. The fraction of sp³-hybridized carbons (Fsp3) is 0.357. The number of aliphatic imine (C=N–C) groups is 1. The van der Waals surface area contributed by atoms with E-state index in [1.165, 1.54) is 16.7 Å². The molecule has 0 fully saturated rings. The lowest BCUT2D eigenvalue weighted by Gasteiger charge is -2.22. The molecule has 1 aliphatic heterocycles. The molecule has 1 aromatic carbocycles. The van der Waals surface area contributed by atoms with E-state index in [9.17, 15) is 0 Å². The van der Waals surface area contributed by atoms with Gasteiger partial charge in [0, 0.05) is 13.1 Å². The molecule has 0 saturated carbocycles. The van der Waals surface area contributed by atoms with Crippen LogP contribution in [0, 0.1) is 13.8 Å². The Morgan fingerprint density at radius 3 is 2.89 bits per heavy atom. The number of hydrogen-bond acceptors (Lipinski definition) is 5. The van der Waals surface area contributed by atoms with Gasteiger partial charge in [-0.3, -0.25) is 0 Å². The smallest absolute Gasteiger partial charge is 0.195 e. The second-order valence-corrected chi connectivity index (χ2v) is 4.67. The van der Waals surface area contributed by atoms with Crippen molar-refractivity contribution < 1.29 is 0 Å². The fourth-order valence-corrected chi connectivity index (χ4v) is 2.12. The van der Waals surface area contributed by atoms with Crippen LogP contribution in [0.4, 0.5) is 0 Å². The van der Waals surface area contributed by atoms with Crippen LogP contribution in [0.15, 0.2) is 35.1 Å². The highest BCUT2D eigenvalue weighted by Gasteiger charge is 2.17. The van der Waals surface area contributed by atoms with Crippen molar-refractivity contribution in [3.8, 4) is 0 Å². The lowest BCUT2D eigenvalue weighted by atomic mass is 9.97. The average molecular weight is 259 g/mol. The Hall–Kier alpha value is -2.01. The van der Waals surface area contributed by atoms with Gasteiger partial charge in [-0.05, 0) is 36.6 Å². The van der Waals surface area contributed by atoms with E-state index in [2.05, 4.69) is 41.6 Å². The summed E-state index contributed by atoms with van der Waals surface area (Å²) < 4.78 is 0. The summed E-state index contributed by atoms with van der Waals surface area (Å²) in [7, 11) is 0. The van der Waals surface area contributed by atoms with Crippen molar-refractivity contribution in [2.24, 2.45) is 16.5 Å². The molecule has 0 radical (unpaired) electrons. The summed E-state index contributed by atoms with van der Waals surface area (Å²) in [5, 5.41) is 6.21. The molecule has 1 aliphatic rings. The zero-order chi connectivity index (χ0) is 13.8. The van der Waals surface area contributed by atoms with Crippen LogP contribution in [0.25, 0.3) is 0 Å². The first-order chi connectivity index (χ1) is 9.11. The maximum Gasteiger partial charge on any atom is 0.195 e. The van der Waals surface area contributed by atoms with Crippen molar-refractivity contribution in [1.82, 2.24) is 10.6 Å². The molecular formula is C14H21N5. The van der Waals surface area contributed by atoms with Crippen LogP contribution in [0.1, 0.15) is 22.7 Å². The lowest BCUT2D eigenvalue weighted by Crippen LogP contribution is -2.40. The Kier molecular flexibility index (Phi) is 4.06. The van der Waals surface area contributed by atoms with Crippen LogP contribution in [-0.2, 0) is 0 Å². The van der Waals surface area contributed by atoms with Crippen molar-refractivity contribution in [1.29, 1.82) is 0 Å². The standard InChI is InChI=1S/C14H21N5/c1-9-4-3-5-11(10(9)2)12-8-13(17-7-6-15)19-14(16)18-12/h3-5,8,12,17H,6-7,15H2,1-2H3,(H3,16,18,19). The molecule has 0 spiro atoms. The Morgan fingerprint density at radius 2 is 2.16 bits per heavy atom. The summed E-state index contributed by atoms with van der Waals surface area (Å²) >= 11 is 0. The monoisotopic (exact) mass is 259 g/mol. The first-order valence-corrected chi connectivity index (χ1v) is 6.44. The molecule has 0 aromatic heterocycles. The minimum Gasteiger partial charge on any atom is -0.370 e. The van der Waals surface area contributed by atoms with Gasteiger partial charge in [-0.15, -0.1) is 0 Å². The predicted molar refractivity (Wildman–Crippen MR) is 78.6 cm³/mol. The van der Waals surface area contributed by atoms with E-state index in [1.54, 1.807) is 0 Å². The molecule has 5 heteroatoms. The fourth-order valence-electron chi connectivity index (χ4n) is 2.12. The summed E-state index contributed by atoms with van der Waals surface area (Å²) in [5.74, 6) is 1.29. The third kappa shape index (κ3) is 3.06. The van der Waals surface area contributed by atoms with Crippen LogP contribution in [0.2, 0.25) is 0 Å². The molecule has 1 unspecified atom stereocenters. The molecule has 102 valence electrons. The SMILES string of the molecule is Cc1cccc(C2C=C(NCCN)NC(N)=N2)c1C. The van der Waals surface area contributed by atoms with E-state index in [0.29, 0.717) is 19.0 Å². The van der Waals surface area contributed by atoms with Crippen molar-refractivity contribution in [2.45, 2.75) is 19.9 Å². The largest absolute Gasteiger partial charge is 0.370 e. The van der Waals surface area contributed by atoms with E-state index in [-0.39, 0.29) is 6.04 Å². The number of nitrogens with two attached hydrogens (primary N) is 2. The highest BCUT2D eigenvalue weighted by atomic mass is 15.2. The highest BCUT2D eigenvalue weighted by Crippen LogP contribution is 2.26. The quantitative estimate of drug-likeness (QED) is 0.639. The zero-order valence-electron chi connectivity index (χ0n) is 11.4. The van der Waals surface area contributed by atoms with Gasteiger partial charge in [0.2, 0.25) is 0 Å². The number of benzene rings is 1. The Morgan fingerprint density at radius 1 is 1.37 bits per heavy atom. The minimum atomic E-state index is -0.0542. The molecule has 0 aliphatic carbocycles. The Labute approximate surface area is 113 Å². The van der Waals surface area contributed by atoms with E-state index in [1.807, 2.05) is 12.1 Å². The summed E-state index contributed by atoms with van der Waals surface area (Å²) in [6.07, 6.45) is 2.04. The van der Waals surface area contributed by atoms with E-state index in [0.717, 1.165) is 5.82 Å². The second-order valence-electron chi connectivity index (χ2n) is 4.67. The summed E-state index contributed by atoms with van der Waals surface area (Å²) in [6, 6.07) is 6.18. The molecule has 1 atom stereocenters. The Bertz CT molecular complexity index is 519. The van der Waals surface area contributed by atoms with Gasteiger partial charge < -0.3 is 22.1 Å². The normalized spacial score (nSPS) is 18.4. The number of aryl methyl sites for hydroxylation is 1. The number of nitrogens with one attached hydrogen (secondary N) is 2. The van der Waals surface area contributed by atoms with Crippen LogP contribution >= 0.6 is 0 Å². The van der Waals surface area contributed by atoms with Gasteiger partial charge in [-0.1, -0.05) is 18.2 Å². The average Bonchev–Trinajstić information content (AvgIpc) is 2.39. The minimum absolute atomic E-state index is 0.0542. The molecule has 5 nitrogen and oxygen atoms in total. The van der Waals surface area contributed by atoms with Gasteiger partial charge in [0.25, 0.3) is 0 Å². The van der Waals surface area contributed by atoms with Gasteiger partial charge in [0.15, 0.2) is 5.96 Å². The van der Waals surface area contributed by atoms with Gasteiger partial charge in [-0.25, -0.2) is 4.99 Å². The summed E-state index contributed by atoms with van der Waals surface area (Å²) in [6.45, 7) is 5.49. The maximum absolute atomic E-state index is 5.84.